The molecule has 0 bridgehead atoms. The number of carbonyl (C=O) groups excluding carboxylic acids is 2. The Balaban J connectivity index is 1.24. The smallest absolute Gasteiger partial charge is 0.325 e. The van der Waals surface area contributed by atoms with E-state index in [0.717, 1.165) is 70.6 Å². The number of urea groups is 1. The summed E-state index contributed by atoms with van der Waals surface area (Å²) in [6, 6.07) is 7.31. The third-order valence-corrected chi connectivity index (χ3v) is 7.38. The van der Waals surface area contributed by atoms with Crippen molar-refractivity contribution in [2.45, 2.75) is 12.2 Å². The van der Waals surface area contributed by atoms with Crippen molar-refractivity contribution in [2.75, 3.05) is 91.2 Å². The Morgan fingerprint density at radius 1 is 1.00 bits per heavy atom. The standard InChI is InChI=1S/C24H35N7O4/c1-27-22-21(23(32)26-24(27)33)31(12-9-28-13-15-35-16-14-28)20(25-22)17-29-7-10-30(11-8-29)18-3-5-19(34-2)6-4-18/h3-6,21-22H,7-17H2,1-2H3,(H,26,32,33). The molecular formula is C24H35N7O4. The van der Waals surface area contributed by atoms with Crippen LogP contribution in [-0.4, -0.2) is 136 Å². The lowest BCUT2D eigenvalue weighted by Crippen LogP contribution is -2.64. The highest BCUT2D eigenvalue weighted by atomic mass is 16.5. The van der Waals surface area contributed by atoms with E-state index in [1.54, 1.807) is 19.1 Å². The van der Waals surface area contributed by atoms with Crippen LogP contribution in [0.2, 0.25) is 0 Å². The molecule has 11 nitrogen and oxygen atoms in total. The van der Waals surface area contributed by atoms with Gasteiger partial charge >= 0.3 is 6.03 Å². The van der Waals surface area contributed by atoms with Crippen LogP contribution in [0.4, 0.5) is 10.5 Å². The summed E-state index contributed by atoms with van der Waals surface area (Å²) in [5.41, 5.74) is 1.19. The molecule has 2 atom stereocenters. The van der Waals surface area contributed by atoms with Crippen molar-refractivity contribution in [3.05, 3.63) is 24.3 Å². The van der Waals surface area contributed by atoms with E-state index in [2.05, 4.69) is 37.0 Å². The minimum Gasteiger partial charge on any atom is -0.497 e. The normalized spacial score (nSPS) is 26.0. The zero-order chi connectivity index (χ0) is 24.4. The molecule has 0 saturated carbocycles. The summed E-state index contributed by atoms with van der Waals surface area (Å²) in [4.78, 5) is 40.8. The first kappa shape index (κ1) is 23.8. The number of rotatable bonds is 7. The van der Waals surface area contributed by atoms with Gasteiger partial charge in [-0.2, -0.15) is 0 Å². The highest BCUT2D eigenvalue weighted by molar-refractivity contribution is 6.04. The number of amidine groups is 1. The average Bonchev–Trinajstić information content (AvgIpc) is 3.26. The van der Waals surface area contributed by atoms with E-state index in [0.29, 0.717) is 13.1 Å². The largest absolute Gasteiger partial charge is 0.497 e. The highest BCUT2D eigenvalue weighted by Gasteiger charge is 2.48. The van der Waals surface area contributed by atoms with Gasteiger partial charge in [-0.1, -0.05) is 0 Å². The second-order valence-corrected chi connectivity index (χ2v) is 9.42. The molecule has 35 heavy (non-hydrogen) atoms. The topological polar surface area (TPSA) is 93.2 Å². The number of amides is 3. The number of benzene rings is 1. The van der Waals surface area contributed by atoms with E-state index >= 15 is 0 Å². The fourth-order valence-electron chi connectivity index (χ4n) is 5.21. The number of morpholine rings is 1. The molecular weight excluding hydrogens is 450 g/mol. The van der Waals surface area contributed by atoms with Gasteiger partial charge in [0.05, 0.1) is 26.9 Å². The number of ether oxygens (including phenoxy) is 2. The van der Waals surface area contributed by atoms with Gasteiger partial charge in [0.25, 0.3) is 5.91 Å². The summed E-state index contributed by atoms with van der Waals surface area (Å²) in [5.74, 6) is 1.49. The molecule has 3 fully saturated rings. The van der Waals surface area contributed by atoms with Crippen LogP contribution >= 0.6 is 0 Å². The van der Waals surface area contributed by atoms with Gasteiger partial charge in [-0.25, -0.2) is 9.79 Å². The van der Waals surface area contributed by atoms with E-state index in [4.69, 9.17) is 14.5 Å². The lowest BCUT2D eigenvalue weighted by molar-refractivity contribution is -0.127. The maximum absolute atomic E-state index is 12.8. The highest BCUT2D eigenvalue weighted by Crippen LogP contribution is 2.25. The van der Waals surface area contributed by atoms with Crippen LogP contribution in [-0.2, 0) is 9.53 Å². The summed E-state index contributed by atoms with van der Waals surface area (Å²) in [6.45, 7) is 9.10. The number of hydrogen-bond acceptors (Lipinski definition) is 9. The quantitative estimate of drug-likeness (QED) is 0.565. The molecule has 1 aromatic carbocycles. The van der Waals surface area contributed by atoms with Gasteiger partial charge in [0, 0.05) is 65.1 Å². The summed E-state index contributed by atoms with van der Waals surface area (Å²) in [6.07, 6.45) is -0.475. The third-order valence-electron chi connectivity index (χ3n) is 7.38. The molecule has 3 saturated heterocycles. The van der Waals surface area contributed by atoms with Crippen molar-refractivity contribution in [3.63, 3.8) is 0 Å². The van der Waals surface area contributed by atoms with E-state index in [1.807, 2.05) is 12.1 Å². The number of anilines is 1. The number of methoxy groups -OCH3 is 1. The summed E-state index contributed by atoms with van der Waals surface area (Å²) >= 11 is 0. The lowest BCUT2D eigenvalue weighted by Gasteiger charge is -2.39. The maximum atomic E-state index is 12.8. The molecule has 0 radical (unpaired) electrons. The number of carbonyl (C=O) groups is 2. The van der Waals surface area contributed by atoms with Gasteiger partial charge in [-0.05, 0) is 24.3 Å². The molecule has 0 aliphatic carbocycles. The number of likely N-dealkylation sites (N-methyl/N-ethyl adjacent to an activating group) is 1. The predicted octanol–water partition coefficient (Wildman–Crippen LogP) is -0.260. The van der Waals surface area contributed by atoms with Gasteiger partial charge < -0.3 is 24.2 Å². The zero-order valence-corrected chi connectivity index (χ0v) is 20.6. The van der Waals surface area contributed by atoms with Gasteiger partial charge in [-0.3, -0.25) is 19.9 Å². The minimum atomic E-state index is -0.477. The van der Waals surface area contributed by atoms with Gasteiger partial charge in [0.15, 0.2) is 12.2 Å². The first-order valence-electron chi connectivity index (χ1n) is 12.4. The monoisotopic (exact) mass is 485 g/mol. The van der Waals surface area contributed by atoms with Crippen molar-refractivity contribution in [1.29, 1.82) is 0 Å². The summed E-state index contributed by atoms with van der Waals surface area (Å²) in [5, 5.41) is 2.49. The number of imide groups is 1. The Morgan fingerprint density at radius 2 is 1.71 bits per heavy atom. The van der Waals surface area contributed by atoms with Gasteiger partial charge in [0.2, 0.25) is 0 Å². The number of piperazine rings is 1. The number of nitrogens with one attached hydrogen (secondary N) is 1. The van der Waals surface area contributed by atoms with Crippen LogP contribution in [0.15, 0.2) is 29.3 Å². The first-order chi connectivity index (χ1) is 17.0. The molecule has 5 rings (SSSR count). The Hall–Kier alpha value is -2.89. The Morgan fingerprint density at radius 3 is 2.40 bits per heavy atom. The Kier molecular flexibility index (Phi) is 7.07. The molecule has 4 heterocycles. The molecule has 0 spiro atoms. The van der Waals surface area contributed by atoms with Crippen LogP contribution in [0.5, 0.6) is 5.75 Å². The van der Waals surface area contributed by atoms with Gasteiger partial charge in [-0.15, -0.1) is 0 Å². The molecule has 2 unspecified atom stereocenters. The maximum Gasteiger partial charge on any atom is 0.325 e. The van der Waals surface area contributed by atoms with Crippen molar-refractivity contribution in [3.8, 4) is 5.75 Å². The lowest BCUT2D eigenvalue weighted by atomic mass is 10.1. The molecule has 4 aliphatic rings. The molecule has 190 valence electrons. The molecule has 0 aromatic heterocycles. The number of nitrogens with zero attached hydrogens (tertiary/aromatic N) is 6. The molecule has 11 heteroatoms. The van der Waals surface area contributed by atoms with Crippen LogP contribution in [0, 0.1) is 0 Å². The zero-order valence-electron chi connectivity index (χ0n) is 20.6. The van der Waals surface area contributed by atoms with E-state index in [1.165, 1.54) is 5.69 Å². The van der Waals surface area contributed by atoms with Crippen molar-refractivity contribution in [1.82, 2.24) is 24.9 Å². The first-order valence-corrected chi connectivity index (χ1v) is 12.4. The molecule has 1 N–H and O–H groups in total. The third kappa shape index (κ3) is 5.07. The SMILES string of the molecule is COc1ccc(N2CCN(CC3=NC4C(C(=O)NC(=O)N4C)N3CCN3CCOCC3)CC2)cc1. The van der Waals surface area contributed by atoms with Crippen molar-refractivity contribution >= 4 is 23.5 Å². The van der Waals surface area contributed by atoms with E-state index < -0.39 is 12.2 Å². The fraction of sp³-hybridized carbons (Fsp3) is 0.625. The fourth-order valence-corrected chi connectivity index (χ4v) is 5.21. The van der Waals surface area contributed by atoms with Crippen LogP contribution in [0.1, 0.15) is 0 Å². The summed E-state index contributed by atoms with van der Waals surface area (Å²) in [7, 11) is 3.39. The van der Waals surface area contributed by atoms with Crippen molar-refractivity contribution in [2.24, 2.45) is 4.99 Å². The van der Waals surface area contributed by atoms with Crippen LogP contribution in [0.25, 0.3) is 0 Å². The van der Waals surface area contributed by atoms with Gasteiger partial charge in [0.1, 0.15) is 11.6 Å². The van der Waals surface area contributed by atoms with Crippen molar-refractivity contribution < 1.29 is 19.1 Å². The Bertz CT molecular complexity index is 942. The summed E-state index contributed by atoms with van der Waals surface area (Å²) < 4.78 is 10.7. The van der Waals surface area contributed by atoms with Crippen LogP contribution < -0.4 is 15.0 Å². The predicted molar refractivity (Wildman–Crippen MR) is 132 cm³/mol. The minimum absolute atomic E-state index is 0.261. The molecule has 1 aromatic rings. The second kappa shape index (κ2) is 10.4. The van der Waals surface area contributed by atoms with Crippen LogP contribution in [0.3, 0.4) is 0 Å². The number of fused-ring (bicyclic) bond motifs is 1. The second-order valence-electron chi connectivity index (χ2n) is 9.42. The Labute approximate surface area is 206 Å². The van der Waals surface area contributed by atoms with E-state index in [-0.39, 0.29) is 11.9 Å². The number of aliphatic imine (C=N–C) groups is 1. The number of hydrogen-bond donors (Lipinski definition) is 1. The average molecular weight is 486 g/mol. The molecule has 4 aliphatic heterocycles. The molecule has 3 amide bonds. The van der Waals surface area contributed by atoms with E-state index in [9.17, 15) is 9.59 Å².